The molecule has 0 saturated heterocycles. The summed E-state index contributed by atoms with van der Waals surface area (Å²) in [6.07, 6.45) is 0. The Hall–Kier alpha value is -2.18. The zero-order valence-corrected chi connectivity index (χ0v) is 13.9. The average Bonchev–Trinajstić information content (AvgIpc) is 2.89. The van der Waals surface area contributed by atoms with Gasteiger partial charge in [-0.15, -0.1) is 0 Å². The monoisotopic (exact) mass is 366 g/mol. The summed E-state index contributed by atoms with van der Waals surface area (Å²) >= 11 is 5.75. The summed E-state index contributed by atoms with van der Waals surface area (Å²) in [5.74, 6) is -1.25. The number of benzene rings is 2. The third-order valence-corrected chi connectivity index (χ3v) is 4.53. The largest absolute Gasteiger partial charge is 0.457 e. The third-order valence-electron chi connectivity index (χ3n) is 3.67. The number of thiol groups is 1. The Morgan fingerprint density at radius 1 is 1.12 bits per heavy atom. The van der Waals surface area contributed by atoms with Crippen LogP contribution in [0.3, 0.4) is 0 Å². The lowest BCUT2D eigenvalue weighted by molar-refractivity contribution is -0.133. The van der Waals surface area contributed by atoms with Gasteiger partial charge in [-0.05, 0) is 29.3 Å². The van der Waals surface area contributed by atoms with Crippen LogP contribution in [0.1, 0.15) is 16.7 Å². The first-order valence-electron chi connectivity index (χ1n) is 7.02. The van der Waals surface area contributed by atoms with Crippen molar-refractivity contribution in [3.8, 4) is 0 Å². The first kappa shape index (κ1) is 16.7. The predicted molar refractivity (Wildman–Crippen MR) is 89.6 cm³/mol. The fourth-order valence-electron chi connectivity index (χ4n) is 2.56. The zero-order valence-electron chi connectivity index (χ0n) is 12.3. The third kappa shape index (κ3) is 3.34. The topological polar surface area (TPSA) is 60.4 Å². The molecule has 0 spiro atoms. The van der Waals surface area contributed by atoms with Gasteiger partial charge in [-0.2, -0.15) is 0 Å². The van der Waals surface area contributed by atoms with Gasteiger partial charge in [0, 0.05) is 16.2 Å². The van der Waals surface area contributed by atoms with E-state index < -0.39 is 22.5 Å². The van der Waals surface area contributed by atoms with Crippen molar-refractivity contribution >= 4 is 39.4 Å². The molecule has 2 aromatic rings. The van der Waals surface area contributed by atoms with Gasteiger partial charge in [0.15, 0.2) is 0 Å². The molecule has 0 N–H and O–H groups in total. The maximum Gasteiger partial charge on any atom is 0.339 e. The Morgan fingerprint density at radius 3 is 2.46 bits per heavy atom. The van der Waals surface area contributed by atoms with Crippen molar-refractivity contribution < 1.29 is 22.3 Å². The van der Waals surface area contributed by atoms with Crippen LogP contribution >= 0.6 is 11.6 Å². The second kappa shape index (κ2) is 6.75. The van der Waals surface area contributed by atoms with Crippen LogP contribution in [0.15, 0.2) is 42.5 Å². The highest BCUT2D eigenvalue weighted by Crippen LogP contribution is 2.34. The van der Waals surface area contributed by atoms with E-state index in [1.807, 2.05) is 0 Å². The van der Waals surface area contributed by atoms with Crippen LogP contribution in [0, 0.1) is 5.82 Å². The van der Waals surface area contributed by atoms with E-state index in [0.717, 1.165) is 6.07 Å². The summed E-state index contributed by atoms with van der Waals surface area (Å²) < 4.78 is 40.8. The molecule has 7 heteroatoms. The van der Waals surface area contributed by atoms with Crippen molar-refractivity contribution in [1.29, 1.82) is 0 Å². The predicted octanol–water partition coefficient (Wildman–Crippen LogP) is 3.06. The minimum Gasteiger partial charge on any atom is -0.457 e. The van der Waals surface area contributed by atoms with E-state index in [1.165, 1.54) is 12.1 Å². The van der Waals surface area contributed by atoms with Crippen molar-refractivity contribution in [2.45, 2.75) is 5.75 Å². The Labute approximate surface area is 144 Å². The second-order valence-electron chi connectivity index (χ2n) is 5.24. The summed E-state index contributed by atoms with van der Waals surface area (Å²) in [6, 6.07) is 10.8. The van der Waals surface area contributed by atoms with Gasteiger partial charge in [-0.1, -0.05) is 35.9 Å². The van der Waals surface area contributed by atoms with Gasteiger partial charge in [-0.3, -0.25) is 0 Å². The van der Waals surface area contributed by atoms with E-state index in [-0.39, 0.29) is 28.5 Å². The molecule has 1 aliphatic heterocycles. The first-order chi connectivity index (χ1) is 11.5. The normalized spacial score (nSPS) is 14.4. The van der Waals surface area contributed by atoms with Gasteiger partial charge in [-0.25, -0.2) is 17.6 Å². The smallest absolute Gasteiger partial charge is 0.339 e. The number of carbonyl (C=O) groups excluding carboxylic acids is 1. The summed E-state index contributed by atoms with van der Waals surface area (Å²) in [7, 11) is -2.51. The van der Waals surface area contributed by atoms with Crippen molar-refractivity contribution in [2.75, 3.05) is 6.61 Å². The van der Waals surface area contributed by atoms with Crippen molar-refractivity contribution in [1.82, 2.24) is 0 Å². The molecule has 0 fully saturated rings. The number of carbonyl (C=O) groups is 1. The molecule has 4 nitrogen and oxygen atoms in total. The number of hydrogen-bond acceptors (Lipinski definition) is 4. The summed E-state index contributed by atoms with van der Waals surface area (Å²) in [5.41, 5.74) is 2.16. The number of rotatable bonds is 4. The number of halogens is 2. The molecule has 0 aliphatic carbocycles. The van der Waals surface area contributed by atoms with Crippen molar-refractivity contribution in [3.05, 3.63) is 70.0 Å². The molecule has 0 amide bonds. The van der Waals surface area contributed by atoms with Crippen LogP contribution < -0.4 is 0 Å². The molecule has 0 atom stereocenters. The maximum atomic E-state index is 14.2. The van der Waals surface area contributed by atoms with E-state index in [1.54, 1.807) is 24.3 Å². The van der Waals surface area contributed by atoms with Gasteiger partial charge in [0.1, 0.15) is 23.1 Å². The molecule has 0 aromatic heterocycles. The van der Waals surface area contributed by atoms with Gasteiger partial charge in [0.05, 0.1) is 11.3 Å². The highest BCUT2D eigenvalue weighted by molar-refractivity contribution is 7.71. The lowest BCUT2D eigenvalue weighted by Gasteiger charge is -2.07. The number of ether oxygens (including phenoxy) is 1. The quantitative estimate of drug-likeness (QED) is 0.667. The van der Waals surface area contributed by atoms with Crippen LogP contribution in [0.5, 0.6) is 0 Å². The van der Waals surface area contributed by atoms with E-state index >= 15 is 0 Å². The molecule has 3 rings (SSSR count). The van der Waals surface area contributed by atoms with Crippen molar-refractivity contribution in [3.63, 3.8) is 0 Å². The molecular formula is C17H12ClFO4S. The molecule has 0 bridgehead atoms. The summed E-state index contributed by atoms with van der Waals surface area (Å²) in [4.78, 5) is 12.0. The molecular weight excluding hydrogens is 355 g/mol. The number of esters is 1. The molecule has 0 radical (unpaired) electrons. The fourth-order valence-corrected chi connectivity index (χ4v) is 3.23. The molecule has 1 heterocycles. The minimum absolute atomic E-state index is 0.0331. The van der Waals surface area contributed by atoms with Crippen LogP contribution in [0.25, 0.3) is 11.1 Å². The standard InChI is InChI=1S/C17H12ClFO4S/c18-12-5-6-13(15(19)7-12)16-14(8-23-17(16)20)11-3-1-10(2-4-11)9-24(21)22/h1-7,24H,8-9H2. The van der Waals surface area contributed by atoms with Gasteiger partial charge >= 0.3 is 5.97 Å². The van der Waals surface area contributed by atoms with Crippen LogP contribution in [-0.4, -0.2) is 21.0 Å². The maximum absolute atomic E-state index is 14.2. The summed E-state index contributed by atoms with van der Waals surface area (Å²) in [6.45, 7) is 0.0331. The van der Waals surface area contributed by atoms with E-state index in [0.29, 0.717) is 16.7 Å². The van der Waals surface area contributed by atoms with Gasteiger partial charge in [0.25, 0.3) is 0 Å². The zero-order chi connectivity index (χ0) is 17.3. The molecule has 0 saturated carbocycles. The fraction of sp³-hybridized carbons (Fsp3) is 0.118. The van der Waals surface area contributed by atoms with Gasteiger partial charge < -0.3 is 4.74 Å². The van der Waals surface area contributed by atoms with Crippen LogP contribution in [-0.2, 0) is 26.0 Å². The SMILES string of the molecule is O=C1OCC(c2ccc(C[SH](=O)=O)cc2)=C1c1ccc(Cl)cc1F. The van der Waals surface area contributed by atoms with Crippen LogP contribution in [0.2, 0.25) is 5.02 Å². The van der Waals surface area contributed by atoms with Crippen molar-refractivity contribution in [2.24, 2.45) is 0 Å². The molecule has 0 unspecified atom stereocenters. The molecule has 24 heavy (non-hydrogen) atoms. The van der Waals surface area contributed by atoms with Crippen LogP contribution in [0.4, 0.5) is 4.39 Å². The van der Waals surface area contributed by atoms with E-state index in [2.05, 4.69) is 0 Å². The molecule has 2 aromatic carbocycles. The summed E-state index contributed by atoms with van der Waals surface area (Å²) in [5, 5.41) is 0.237. The highest BCUT2D eigenvalue weighted by atomic mass is 35.5. The average molecular weight is 367 g/mol. The Kier molecular flexibility index (Phi) is 4.69. The molecule has 124 valence electrons. The van der Waals surface area contributed by atoms with E-state index in [4.69, 9.17) is 16.3 Å². The lowest BCUT2D eigenvalue weighted by atomic mass is 9.96. The van der Waals surface area contributed by atoms with Gasteiger partial charge in [0.2, 0.25) is 0 Å². The second-order valence-corrected chi connectivity index (χ2v) is 6.66. The Bertz CT molecular complexity index is 909. The highest BCUT2D eigenvalue weighted by Gasteiger charge is 2.29. The first-order valence-corrected chi connectivity index (χ1v) is 8.76. The Morgan fingerprint density at radius 2 is 1.83 bits per heavy atom. The van der Waals surface area contributed by atoms with E-state index in [9.17, 15) is 17.6 Å². The number of cyclic esters (lactones) is 1. The Balaban J connectivity index is 2.06. The molecule has 1 aliphatic rings. The lowest BCUT2D eigenvalue weighted by Crippen LogP contribution is -2.00. The number of hydrogen-bond donors (Lipinski definition) is 1. The minimum atomic E-state index is -2.51.